The average Bonchev–Trinajstić information content (AvgIpc) is 3.61. The largest absolute Gasteiger partial charge is 0.401 e. The van der Waals surface area contributed by atoms with E-state index in [1.165, 1.54) is 12.1 Å². The number of hydrogen-bond donors (Lipinski definition) is 2. The molecule has 0 unspecified atom stereocenters. The molecule has 5 rings (SSSR count). The Morgan fingerprint density at radius 2 is 1.64 bits per heavy atom. The van der Waals surface area contributed by atoms with E-state index >= 15 is 0 Å². The van der Waals surface area contributed by atoms with Crippen LogP contribution in [0.5, 0.6) is 0 Å². The van der Waals surface area contributed by atoms with Crippen LogP contribution in [0.2, 0.25) is 0 Å². The Labute approximate surface area is 191 Å². The van der Waals surface area contributed by atoms with Crippen molar-refractivity contribution in [1.29, 1.82) is 0 Å². The van der Waals surface area contributed by atoms with Crippen molar-refractivity contribution >= 4 is 23.6 Å². The highest BCUT2D eigenvalue weighted by atomic mass is 19.1. The molecule has 0 aromatic heterocycles. The van der Waals surface area contributed by atoms with Gasteiger partial charge in [-0.15, -0.1) is 0 Å². The zero-order valence-corrected chi connectivity index (χ0v) is 18.3. The lowest BCUT2D eigenvalue weighted by molar-refractivity contribution is -0.143. The summed E-state index contributed by atoms with van der Waals surface area (Å²) in [6, 6.07) is 10.5. The Morgan fingerprint density at radius 1 is 0.970 bits per heavy atom. The molecule has 0 bridgehead atoms. The van der Waals surface area contributed by atoms with Crippen LogP contribution < -0.4 is 16.2 Å². The molecule has 33 heavy (non-hydrogen) atoms. The van der Waals surface area contributed by atoms with E-state index in [1.807, 2.05) is 36.4 Å². The van der Waals surface area contributed by atoms with Crippen LogP contribution in [0, 0.1) is 5.82 Å². The molecule has 0 spiro atoms. The summed E-state index contributed by atoms with van der Waals surface area (Å²) in [5, 5.41) is 12.0. The fraction of sp³-hybridized carbons (Fsp3) is 0.308. The van der Waals surface area contributed by atoms with Crippen LogP contribution in [0.25, 0.3) is 22.9 Å². The van der Waals surface area contributed by atoms with Gasteiger partial charge >= 0.3 is 0 Å². The average molecular weight is 448 g/mol. The number of benzene rings is 2. The number of allylic oxidation sites excluding steroid dienone is 1. The highest BCUT2D eigenvalue weighted by molar-refractivity contribution is 5.95. The molecule has 2 aliphatic carbocycles. The van der Waals surface area contributed by atoms with Crippen LogP contribution in [-0.2, 0) is 4.79 Å². The van der Waals surface area contributed by atoms with Crippen molar-refractivity contribution in [1.82, 2.24) is 9.80 Å². The number of hydrogen-bond acceptors (Lipinski definition) is 4. The number of nitrogens with two attached hydrogens (primary N) is 1. The van der Waals surface area contributed by atoms with Gasteiger partial charge in [-0.05, 0) is 47.4 Å². The maximum absolute atomic E-state index is 15.0. The van der Waals surface area contributed by atoms with Gasteiger partial charge < -0.3 is 20.6 Å². The third kappa shape index (κ3) is 4.04. The van der Waals surface area contributed by atoms with E-state index in [0.717, 1.165) is 21.7 Å². The highest BCUT2D eigenvalue weighted by Gasteiger charge is 2.50. The van der Waals surface area contributed by atoms with Crippen LogP contribution in [0.1, 0.15) is 29.6 Å². The third-order valence-electron chi connectivity index (χ3n) is 6.66. The number of nitrogens with zero attached hydrogens (tertiary/aromatic N) is 2. The number of rotatable bonds is 3. The Hall–Kier alpha value is -3.45. The molecule has 170 valence electrons. The molecule has 1 aliphatic heterocycles. The van der Waals surface area contributed by atoms with Gasteiger partial charge in [0.25, 0.3) is 11.8 Å². The maximum atomic E-state index is 15.0. The molecule has 1 saturated carbocycles. The van der Waals surface area contributed by atoms with Gasteiger partial charge in [-0.25, -0.2) is 4.39 Å². The molecule has 1 heterocycles. The highest BCUT2D eigenvalue weighted by Crippen LogP contribution is 2.37. The monoisotopic (exact) mass is 447 g/mol. The summed E-state index contributed by atoms with van der Waals surface area (Å²) < 4.78 is 15.0. The molecular weight excluding hydrogens is 421 g/mol. The van der Waals surface area contributed by atoms with Gasteiger partial charge in [-0.1, -0.05) is 36.4 Å². The third-order valence-corrected chi connectivity index (χ3v) is 6.66. The van der Waals surface area contributed by atoms with Crippen molar-refractivity contribution < 1.29 is 19.1 Å². The van der Waals surface area contributed by atoms with E-state index in [1.54, 1.807) is 15.9 Å². The second-order valence-corrected chi connectivity index (χ2v) is 8.94. The molecule has 2 amide bonds. The molecule has 0 atom stereocenters. The second kappa shape index (κ2) is 8.15. The first kappa shape index (κ1) is 21.4. The quantitative estimate of drug-likeness (QED) is 0.738. The number of fused-ring (bicyclic) bond motifs is 1. The zero-order valence-electron chi connectivity index (χ0n) is 18.3. The smallest absolute Gasteiger partial charge is 0.256 e. The van der Waals surface area contributed by atoms with E-state index in [4.69, 9.17) is 5.73 Å². The molecule has 1 saturated heterocycles. The summed E-state index contributed by atoms with van der Waals surface area (Å²) in [7, 11) is 0. The van der Waals surface area contributed by atoms with Crippen molar-refractivity contribution in [2.75, 3.05) is 26.2 Å². The molecule has 3 aliphatic rings. The molecular formula is C26H26FN3O3. The predicted octanol–water partition coefficient (Wildman–Crippen LogP) is 1.11. The van der Waals surface area contributed by atoms with E-state index in [-0.39, 0.29) is 17.4 Å². The first-order chi connectivity index (χ1) is 15.9. The summed E-state index contributed by atoms with van der Waals surface area (Å²) >= 11 is 0. The van der Waals surface area contributed by atoms with Crippen molar-refractivity contribution in [3.05, 3.63) is 70.4 Å². The standard InChI is InChI=1S/C26H26FN3O3/c27-22-16-18(17-5-7-20-19(15-17)3-1-2-4-23(20)28)6-8-21(22)24(31)29-11-13-30(14-12-29)25(32)26(33)9-10-26/h1-3,5-8,15-16,33H,4,9-14,28H2. The lowest BCUT2D eigenvalue weighted by Gasteiger charge is -2.35. The molecule has 7 heteroatoms. The topological polar surface area (TPSA) is 86.9 Å². The summed E-state index contributed by atoms with van der Waals surface area (Å²) in [5.74, 6) is -1.23. The fourth-order valence-corrected chi connectivity index (χ4v) is 4.43. The summed E-state index contributed by atoms with van der Waals surface area (Å²) in [6.45, 7) is 1.31. The lowest BCUT2D eigenvalue weighted by atomic mass is 10.0. The second-order valence-electron chi connectivity index (χ2n) is 8.94. The number of piperazine rings is 1. The SMILES string of the molecule is NC1=c2ccc(-c3ccc(C(=O)N4CCN(C(=O)C5(O)CC5)CC4)c(F)c3)cc2=CC=CC1. The molecule has 2 aromatic rings. The van der Waals surface area contributed by atoms with Crippen LogP contribution in [-0.4, -0.2) is 58.5 Å². The van der Waals surface area contributed by atoms with Gasteiger partial charge in [0.05, 0.1) is 5.56 Å². The van der Waals surface area contributed by atoms with E-state index < -0.39 is 11.4 Å². The van der Waals surface area contributed by atoms with E-state index in [9.17, 15) is 19.1 Å². The van der Waals surface area contributed by atoms with Crippen molar-refractivity contribution in [2.24, 2.45) is 5.73 Å². The fourth-order valence-electron chi connectivity index (χ4n) is 4.43. The minimum absolute atomic E-state index is 0.0150. The van der Waals surface area contributed by atoms with Gasteiger partial charge in [0.1, 0.15) is 11.4 Å². The van der Waals surface area contributed by atoms with Crippen LogP contribution in [0.3, 0.4) is 0 Å². The number of aliphatic hydroxyl groups is 1. The number of carbonyl (C=O) groups excluding carboxylic acids is 2. The Morgan fingerprint density at radius 3 is 2.33 bits per heavy atom. The molecule has 2 aromatic carbocycles. The van der Waals surface area contributed by atoms with Crippen molar-refractivity contribution in [3.63, 3.8) is 0 Å². The van der Waals surface area contributed by atoms with Crippen LogP contribution >= 0.6 is 0 Å². The van der Waals surface area contributed by atoms with Gasteiger partial charge in [0.15, 0.2) is 0 Å². The minimum atomic E-state index is -1.21. The van der Waals surface area contributed by atoms with Crippen LogP contribution in [0.15, 0.2) is 48.6 Å². The van der Waals surface area contributed by atoms with E-state index in [0.29, 0.717) is 51.0 Å². The van der Waals surface area contributed by atoms with E-state index in [2.05, 4.69) is 0 Å². The predicted molar refractivity (Wildman–Crippen MR) is 124 cm³/mol. The maximum Gasteiger partial charge on any atom is 0.256 e. The molecule has 3 N–H and O–H groups in total. The van der Waals surface area contributed by atoms with Gasteiger partial charge in [0, 0.05) is 43.5 Å². The molecule has 0 radical (unpaired) electrons. The first-order valence-electron chi connectivity index (χ1n) is 11.2. The van der Waals surface area contributed by atoms with Gasteiger partial charge in [-0.2, -0.15) is 0 Å². The number of carbonyl (C=O) groups is 2. The van der Waals surface area contributed by atoms with Gasteiger partial charge in [0.2, 0.25) is 0 Å². The lowest BCUT2D eigenvalue weighted by Crippen LogP contribution is -2.53. The van der Waals surface area contributed by atoms with Gasteiger partial charge in [-0.3, -0.25) is 9.59 Å². The Bertz CT molecular complexity index is 1290. The number of halogens is 1. The zero-order chi connectivity index (χ0) is 23.2. The Kier molecular flexibility index (Phi) is 5.29. The van der Waals surface area contributed by atoms with Crippen molar-refractivity contribution in [3.8, 4) is 11.1 Å². The first-order valence-corrected chi connectivity index (χ1v) is 11.2. The number of amides is 2. The molecule has 6 nitrogen and oxygen atoms in total. The Balaban J connectivity index is 1.33. The normalized spacial score (nSPS) is 18.9. The molecule has 2 fully saturated rings. The van der Waals surface area contributed by atoms with Crippen molar-refractivity contribution in [2.45, 2.75) is 24.9 Å². The summed E-state index contributed by atoms with van der Waals surface area (Å²) in [6.07, 6.45) is 7.62. The minimum Gasteiger partial charge on any atom is -0.401 e. The van der Waals surface area contributed by atoms with Crippen LogP contribution in [0.4, 0.5) is 4.39 Å². The summed E-state index contributed by atoms with van der Waals surface area (Å²) in [5.41, 5.74) is 7.27. The summed E-state index contributed by atoms with van der Waals surface area (Å²) in [4.78, 5) is 28.3.